The first-order chi connectivity index (χ1) is 13.4. The van der Waals surface area contributed by atoms with Crippen molar-refractivity contribution in [2.24, 2.45) is 0 Å². The molecule has 3 aromatic carbocycles. The molecule has 6 heteroatoms. The first-order valence-corrected chi connectivity index (χ1v) is 8.52. The summed E-state index contributed by atoms with van der Waals surface area (Å²) in [5, 5.41) is 0. The Bertz CT molecular complexity index is 861. The van der Waals surface area contributed by atoms with Crippen molar-refractivity contribution < 1.29 is 27.4 Å². The van der Waals surface area contributed by atoms with Gasteiger partial charge in [-0.05, 0) is 23.3 Å². The van der Waals surface area contributed by atoms with Crippen LogP contribution in [0.3, 0.4) is 0 Å². The van der Waals surface area contributed by atoms with Crippen molar-refractivity contribution in [1.29, 1.82) is 0 Å². The van der Waals surface area contributed by atoms with E-state index in [1.807, 2.05) is 60.7 Å². The summed E-state index contributed by atoms with van der Waals surface area (Å²) in [6.45, 7) is 0.311. The molecule has 0 saturated heterocycles. The fourth-order valence-electron chi connectivity index (χ4n) is 2.51. The Morgan fingerprint density at radius 3 is 1.54 bits per heavy atom. The lowest BCUT2D eigenvalue weighted by Gasteiger charge is -2.13. The van der Waals surface area contributed by atoms with E-state index in [0.29, 0.717) is 0 Å². The molecule has 0 aliphatic carbocycles. The van der Waals surface area contributed by atoms with Gasteiger partial charge in [-0.25, -0.2) is 0 Å². The van der Waals surface area contributed by atoms with Crippen molar-refractivity contribution in [3.8, 4) is 11.5 Å². The molecule has 0 radical (unpaired) electrons. The van der Waals surface area contributed by atoms with Gasteiger partial charge in [0, 0.05) is 11.6 Å². The van der Waals surface area contributed by atoms with Gasteiger partial charge < -0.3 is 9.47 Å². The van der Waals surface area contributed by atoms with Crippen LogP contribution >= 0.6 is 0 Å². The minimum atomic E-state index is -4.98. The smallest absolute Gasteiger partial charge is 0.454 e. The zero-order valence-corrected chi connectivity index (χ0v) is 14.8. The highest BCUT2D eigenvalue weighted by atomic mass is 19.4. The van der Waals surface area contributed by atoms with E-state index in [1.165, 1.54) is 6.07 Å². The second kappa shape index (κ2) is 8.61. The second-order valence-corrected chi connectivity index (χ2v) is 6.07. The van der Waals surface area contributed by atoms with Gasteiger partial charge in [0.25, 0.3) is 5.78 Å². The molecule has 0 N–H and O–H groups in total. The number of alkyl halides is 3. The molecule has 0 heterocycles. The summed E-state index contributed by atoms with van der Waals surface area (Å²) < 4.78 is 49.8. The van der Waals surface area contributed by atoms with Crippen molar-refractivity contribution in [2.45, 2.75) is 19.4 Å². The van der Waals surface area contributed by atoms with E-state index in [-0.39, 0.29) is 24.7 Å². The van der Waals surface area contributed by atoms with Crippen LogP contribution in [-0.4, -0.2) is 12.0 Å². The van der Waals surface area contributed by atoms with Gasteiger partial charge >= 0.3 is 6.18 Å². The summed E-state index contributed by atoms with van der Waals surface area (Å²) in [7, 11) is 0. The Morgan fingerprint density at radius 2 is 1.14 bits per heavy atom. The fourth-order valence-corrected chi connectivity index (χ4v) is 2.51. The number of ketones is 1. The van der Waals surface area contributed by atoms with E-state index in [2.05, 4.69) is 0 Å². The molecule has 0 aliphatic heterocycles. The Hall–Kier alpha value is -3.28. The number of hydrogen-bond donors (Lipinski definition) is 0. The van der Waals surface area contributed by atoms with Crippen LogP contribution < -0.4 is 9.47 Å². The maximum Gasteiger partial charge on any atom is 0.454 e. The quantitative estimate of drug-likeness (QED) is 0.497. The third-order valence-electron chi connectivity index (χ3n) is 3.90. The molecular weight excluding hydrogens is 369 g/mol. The fraction of sp³-hybridized carbons (Fsp3) is 0.136. The monoisotopic (exact) mass is 386 g/mol. The summed E-state index contributed by atoms with van der Waals surface area (Å²) in [5.74, 6) is -1.69. The largest absolute Gasteiger partial charge is 0.489 e. The Labute approximate surface area is 160 Å². The van der Waals surface area contributed by atoms with Crippen LogP contribution in [0.5, 0.6) is 11.5 Å². The lowest BCUT2D eigenvalue weighted by Crippen LogP contribution is -2.22. The average Bonchev–Trinajstić information content (AvgIpc) is 2.71. The van der Waals surface area contributed by atoms with Crippen LogP contribution in [0.4, 0.5) is 13.2 Å². The van der Waals surface area contributed by atoms with Gasteiger partial charge in [0.05, 0.1) is 0 Å². The van der Waals surface area contributed by atoms with Gasteiger partial charge in [-0.15, -0.1) is 0 Å². The normalized spacial score (nSPS) is 11.1. The zero-order chi connectivity index (χ0) is 20.0. The van der Waals surface area contributed by atoms with Crippen LogP contribution in [0.1, 0.15) is 21.5 Å². The van der Waals surface area contributed by atoms with Gasteiger partial charge in [-0.1, -0.05) is 60.7 Å². The Morgan fingerprint density at radius 1 is 0.714 bits per heavy atom. The molecule has 144 valence electrons. The summed E-state index contributed by atoms with van der Waals surface area (Å²) in [6, 6.07) is 22.0. The summed E-state index contributed by atoms with van der Waals surface area (Å²) in [5.41, 5.74) is 1.17. The van der Waals surface area contributed by atoms with Crippen LogP contribution in [0.15, 0.2) is 78.9 Å². The van der Waals surface area contributed by atoms with E-state index in [4.69, 9.17) is 9.47 Å². The predicted molar refractivity (Wildman–Crippen MR) is 98.4 cm³/mol. The number of ether oxygens (including phenoxy) is 2. The minimum Gasteiger partial charge on any atom is -0.489 e. The molecular formula is C22H17F3O3. The topological polar surface area (TPSA) is 35.5 Å². The van der Waals surface area contributed by atoms with Crippen molar-refractivity contribution in [1.82, 2.24) is 0 Å². The van der Waals surface area contributed by atoms with Crippen molar-refractivity contribution in [3.05, 3.63) is 95.6 Å². The Balaban J connectivity index is 1.82. The summed E-state index contributed by atoms with van der Waals surface area (Å²) in [6.07, 6.45) is -4.98. The van der Waals surface area contributed by atoms with Gasteiger partial charge in [-0.2, -0.15) is 13.2 Å². The Kier molecular flexibility index (Phi) is 5.99. The first-order valence-electron chi connectivity index (χ1n) is 8.52. The number of carbonyl (C=O) groups is 1. The number of carbonyl (C=O) groups excluding carboxylic acids is 1. The minimum absolute atomic E-state index is 0.127. The first kappa shape index (κ1) is 19.5. The van der Waals surface area contributed by atoms with Crippen molar-refractivity contribution in [2.75, 3.05) is 0 Å². The summed E-state index contributed by atoms with van der Waals surface area (Å²) >= 11 is 0. The van der Waals surface area contributed by atoms with Crippen LogP contribution in [-0.2, 0) is 13.2 Å². The third kappa shape index (κ3) is 5.36. The number of rotatable bonds is 7. The van der Waals surface area contributed by atoms with E-state index in [0.717, 1.165) is 23.3 Å². The molecule has 0 aliphatic rings. The zero-order valence-electron chi connectivity index (χ0n) is 14.8. The van der Waals surface area contributed by atoms with E-state index in [9.17, 15) is 18.0 Å². The lowest BCUT2D eigenvalue weighted by molar-refractivity contribution is -0.0885. The SMILES string of the molecule is O=C(c1cc(OCc2ccccc2)cc(OCc2ccccc2)c1)C(F)(F)F. The summed E-state index contributed by atoms with van der Waals surface area (Å²) in [4.78, 5) is 11.7. The molecule has 0 spiro atoms. The molecule has 0 unspecified atom stereocenters. The maximum absolute atomic E-state index is 12.9. The van der Waals surface area contributed by atoms with Crippen LogP contribution in [0, 0.1) is 0 Å². The average molecular weight is 386 g/mol. The van der Waals surface area contributed by atoms with Crippen LogP contribution in [0.2, 0.25) is 0 Å². The predicted octanol–water partition coefficient (Wildman–Crippen LogP) is 5.59. The molecule has 28 heavy (non-hydrogen) atoms. The number of benzene rings is 3. The van der Waals surface area contributed by atoms with Gasteiger partial charge in [0.1, 0.15) is 24.7 Å². The van der Waals surface area contributed by atoms with Gasteiger partial charge in [0.15, 0.2) is 0 Å². The van der Waals surface area contributed by atoms with Crippen molar-refractivity contribution in [3.63, 3.8) is 0 Å². The molecule has 0 fully saturated rings. The van der Waals surface area contributed by atoms with E-state index < -0.39 is 17.5 Å². The molecule has 0 aromatic heterocycles. The third-order valence-corrected chi connectivity index (χ3v) is 3.90. The number of Topliss-reactive ketones (excluding diaryl/α,β-unsaturated/α-hetero) is 1. The van der Waals surface area contributed by atoms with Crippen LogP contribution in [0.25, 0.3) is 0 Å². The molecule has 3 aromatic rings. The molecule has 3 rings (SSSR count). The molecule has 0 saturated carbocycles. The van der Waals surface area contributed by atoms with E-state index in [1.54, 1.807) is 0 Å². The second-order valence-electron chi connectivity index (χ2n) is 6.07. The molecule has 0 bridgehead atoms. The maximum atomic E-state index is 12.9. The molecule has 0 atom stereocenters. The number of hydrogen-bond acceptors (Lipinski definition) is 3. The van der Waals surface area contributed by atoms with Gasteiger partial charge in [0.2, 0.25) is 0 Å². The highest BCUT2D eigenvalue weighted by Crippen LogP contribution is 2.29. The van der Waals surface area contributed by atoms with Gasteiger partial charge in [-0.3, -0.25) is 4.79 Å². The van der Waals surface area contributed by atoms with E-state index >= 15 is 0 Å². The van der Waals surface area contributed by atoms with Crippen molar-refractivity contribution >= 4 is 5.78 Å². The highest BCUT2D eigenvalue weighted by molar-refractivity contribution is 6.00. The standard InChI is InChI=1S/C22H17F3O3/c23-22(24,25)21(26)18-11-19(27-14-16-7-3-1-4-8-16)13-20(12-18)28-15-17-9-5-2-6-10-17/h1-13H,14-15H2. The number of halogens is 3. The lowest BCUT2D eigenvalue weighted by atomic mass is 10.1. The molecule has 3 nitrogen and oxygen atoms in total. The molecule has 0 amide bonds. The highest BCUT2D eigenvalue weighted by Gasteiger charge is 2.39.